The van der Waals surface area contributed by atoms with Crippen molar-refractivity contribution in [2.24, 2.45) is 5.92 Å². The highest BCUT2D eigenvalue weighted by molar-refractivity contribution is 7.15. The molecule has 148 valence electrons. The van der Waals surface area contributed by atoms with E-state index in [0.717, 1.165) is 23.5 Å². The average molecular weight is 401 g/mol. The molecule has 0 bridgehead atoms. The molecule has 2 aliphatic rings. The molecule has 1 aliphatic heterocycles. The van der Waals surface area contributed by atoms with E-state index in [9.17, 15) is 9.59 Å². The van der Waals surface area contributed by atoms with Crippen LogP contribution in [0.15, 0.2) is 24.3 Å². The van der Waals surface area contributed by atoms with E-state index >= 15 is 0 Å². The van der Waals surface area contributed by atoms with E-state index in [-0.39, 0.29) is 18.2 Å². The summed E-state index contributed by atoms with van der Waals surface area (Å²) in [4.78, 5) is 26.7. The molecule has 0 radical (unpaired) electrons. The lowest BCUT2D eigenvalue weighted by Gasteiger charge is -2.18. The van der Waals surface area contributed by atoms with Crippen LogP contribution in [0.5, 0.6) is 5.75 Å². The molecule has 28 heavy (non-hydrogen) atoms. The van der Waals surface area contributed by atoms with E-state index in [1.807, 2.05) is 18.2 Å². The third-order valence-electron chi connectivity index (χ3n) is 5.49. The van der Waals surface area contributed by atoms with Crippen molar-refractivity contribution in [1.29, 1.82) is 0 Å². The summed E-state index contributed by atoms with van der Waals surface area (Å²) in [5, 5.41) is 12.8. The normalized spacial score (nSPS) is 20.4. The summed E-state index contributed by atoms with van der Waals surface area (Å²) in [6.45, 7) is 0.353. The number of hydrogen-bond donors (Lipinski definition) is 1. The Morgan fingerprint density at radius 2 is 2.07 bits per heavy atom. The molecule has 1 aliphatic carbocycles. The number of carbonyl (C=O) groups excluding carboxylic acids is 2. The molecule has 4 rings (SSSR count). The molecule has 2 aromatic rings. The number of nitrogens with one attached hydrogen (secondary N) is 1. The molecule has 1 aromatic carbocycles. The molecule has 7 nitrogen and oxygen atoms in total. The molecule has 1 atom stereocenters. The van der Waals surface area contributed by atoms with E-state index in [1.54, 1.807) is 18.1 Å². The molecule has 1 saturated heterocycles. The van der Waals surface area contributed by atoms with E-state index < -0.39 is 5.92 Å². The molecule has 1 N–H and O–H groups in total. The second-order valence-corrected chi connectivity index (χ2v) is 8.39. The molecule has 1 aromatic heterocycles. The van der Waals surface area contributed by atoms with Gasteiger partial charge in [0.2, 0.25) is 16.9 Å². The summed E-state index contributed by atoms with van der Waals surface area (Å²) in [7, 11) is 1.59. The van der Waals surface area contributed by atoms with Crippen LogP contribution >= 0.6 is 11.3 Å². The van der Waals surface area contributed by atoms with E-state index in [0.29, 0.717) is 23.3 Å². The molecule has 1 unspecified atom stereocenters. The van der Waals surface area contributed by atoms with Crippen molar-refractivity contribution < 1.29 is 14.3 Å². The highest BCUT2D eigenvalue weighted by Crippen LogP contribution is 2.35. The number of amides is 2. The largest absolute Gasteiger partial charge is 0.497 e. The smallest absolute Gasteiger partial charge is 0.231 e. The molecular formula is C20H24N4O3S. The summed E-state index contributed by atoms with van der Waals surface area (Å²) in [6, 6.07) is 7.32. The van der Waals surface area contributed by atoms with Crippen molar-refractivity contribution in [3.8, 4) is 5.75 Å². The van der Waals surface area contributed by atoms with Crippen molar-refractivity contribution in [2.75, 3.05) is 23.9 Å². The minimum atomic E-state index is -0.402. The predicted molar refractivity (Wildman–Crippen MR) is 108 cm³/mol. The molecule has 2 heterocycles. The van der Waals surface area contributed by atoms with E-state index in [1.165, 1.54) is 30.6 Å². The van der Waals surface area contributed by atoms with Crippen LogP contribution in [0.25, 0.3) is 0 Å². The zero-order valence-electron chi connectivity index (χ0n) is 15.9. The Hall–Kier alpha value is -2.48. The maximum Gasteiger partial charge on any atom is 0.231 e. The van der Waals surface area contributed by atoms with Crippen LogP contribution in [-0.2, 0) is 9.59 Å². The van der Waals surface area contributed by atoms with Gasteiger partial charge in [-0.2, -0.15) is 0 Å². The lowest BCUT2D eigenvalue weighted by Crippen LogP contribution is -2.28. The number of benzene rings is 1. The van der Waals surface area contributed by atoms with Gasteiger partial charge in [0.05, 0.1) is 13.0 Å². The van der Waals surface area contributed by atoms with Gasteiger partial charge in [-0.05, 0) is 25.0 Å². The SMILES string of the molecule is COc1cccc(N2CC(C(=O)Nc3nnc(C4CCCCC4)s3)CC2=O)c1. The number of aromatic nitrogens is 2. The summed E-state index contributed by atoms with van der Waals surface area (Å²) in [6.07, 6.45) is 6.24. The van der Waals surface area contributed by atoms with E-state index in [4.69, 9.17) is 4.74 Å². The number of methoxy groups -OCH3 is 1. The van der Waals surface area contributed by atoms with Crippen molar-refractivity contribution in [2.45, 2.75) is 44.4 Å². The van der Waals surface area contributed by atoms with Gasteiger partial charge in [-0.3, -0.25) is 9.59 Å². The highest BCUT2D eigenvalue weighted by atomic mass is 32.1. The monoisotopic (exact) mass is 400 g/mol. The fourth-order valence-electron chi connectivity index (χ4n) is 3.92. The first kappa shape index (κ1) is 18.9. The lowest BCUT2D eigenvalue weighted by atomic mass is 9.90. The maximum absolute atomic E-state index is 12.7. The third-order valence-corrected chi connectivity index (χ3v) is 6.49. The van der Waals surface area contributed by atoms with Gasteiger partial charge in [0.25, 0.3) is 0 Å². The zero-order valence-corrected chi connectivity index (χ0v) is 16.7. The van der Waals surface area contributed by atoms with Gasteiger partial charge in [-0.25, -0.2) is 0 Å². The standard InChI is InChI=1S/C20H24N4O3S/c1-27-16-9-5-8-15(11-16)24-12-14(10-17(24)25)18(26)21-20-23-22-19(28-20)13-6-3-2-4-7-13/h5,8-9,11,13-14H,2-4,6-7,10,12H2,1H3,(H,21,23,26). The van der Waals surface area contributed by atoms with Gasteiger partial charge in [0.1, 0.15) is 10.8 Å². The molecule has 0 spiro atoms. The average Bonchev–Trinajstić information content (AvgIpc) is 3.35. The van der Waals surface area contributed by atoms with Crippen molar-refractivity contribution in [3.05, 3.63) is 29.3 Å². The van der Waals surface area contributed by atoms with Gasteiger partial charge in [-0.15, -0.1) is 10.2 Å². The summed E-state index contributed by atoms with van der Waals surface area (Å²) < 4.78 is 5.22. The van der Waals surface area contributed by atoms with Gasteiger partial charge < -0.3 is 15.0 Å². The Morgan fingerprint density at radius 1 is 1.25 bits per heavy atom. The Kier molecular flexibility index (Phi) is 5.57. The van der Waals surface area contributed by atoms with Crippen LogP contribution < -0.4 is 15.0 Å². The molecular weight excluding hydrogens is 376 g/mol. The Morgan fingerprint density at radius 3 is 2.86 bits per heavy atom. The van der Waals surface area contributed by atoms with Gasteiger partial charge in [0, 0.05) is 30.6 Å². The second kappa shape index (κ2) is 8.26. The quantitative estimate of drug-likeness (QED) is 0.829. The molecule has 2 fully saturated rings. The lowest BCUT2D eigenvalue weighted by molar-refractivity contribution is -0.122. The van der Waals surface area contributed by atoms with Crippen LogP contribution in [0.2, 0.25) is 0 Å². The van der Waals surface area contributed by atoms with Gasteiger partial charge in [0.15, 0.2) is 0 Å². The number of rotatable bonds is 5. The Balaban J connectivity index is 1.39. The Bertz CT molecular complexity index is 863. The first-order valence-electron chi connectivity index (χ1n) is 9.72. The van der Waals surface area contributed by atoms with Gasteiger partial charge in [-0.1, -0.05) is 36.7 Å². The maximum atomic E-state index is 12.7. The number of hydrogen-bond acceptors (Lipinski definition) is 6. The van der Waals surface area contributed by atoms with Crippen LogP contribution in [-0.4, -0.2) is 35.7 Å². The zero-order chi connectivity index (χ0) is 19.5. The first-order valence-corrected chi connectivity index (χ1v) is 10.5. The number of ether oxygens (including phenoxy) is 1. The summed E-state index contributed by atoms with van der Waals surface area (Å²) in [5.41, 5.74) is 0.746. The number of anilines is 2. The fraction of sp³-hybridized carbons (Fsp3) is 0.500. The first-order chi connectivity index (χ1) is 13.6. The van der Waals surface area contributed by atoms with Crippen molar-refractivity contribution in [1.82, 2.24) is 10.2 Å². The van der Waals surface area contributed by atoms with Crippen LogP contribution in [0.1, 0.15) is 49.5 Å². The highest BCUT2D eigenvalue weighted by Gasteiger charge is 2.35. The predicted octanol–water partition coefficient (Wildman–Crippen LogP) is 3.59. The number of nitrogens with zero attached hydrogens (tertiary/aromatic N) is 3. The van der Waals surface area contributed by atoms with Crippen molar-refractivity contribution >= 4 is 34.0 Å². The second-order valence-electron chi connectivity index (χ2n) is 7.38. The Labute approximate surface area is 168 Å². The summed E-state index contributed by atoms with van der Waals surface area (Å²) in [5.74, 6) is 0.509. The summed E-state index contributed by atoms with van der Waals surface area (Å²) >= 11 is 1.46. The number of carbonyl (C=O) groups is 2. The topological polar surface area (TPSA) is 84.4 Å². The van der Waals surface area contributed by atoms with Crippen LogP contribution in [0.3, 0.4) is 0 Å². The third kappa shape index (κ3) is 4.01. The minimum absolute atomic E-state index is 0.0615. The van der Waals surface area contributed by atoms with Gasteiger partial charge >= 0.3 is 0 Å². The fourth-order valence-corrected chi connectivity index (χ4v) is 4.83. The van der Waals surface area contributed by atoms with Crippen LogP contribution in [0.4, 0.5) is 10.8 Å². The van der Waals surface area contributed by atoms with Crippen LogP contribution in [0, 0.1) is 5.92 Å². The molecule has 2 amide bonds. The molecule has 1 saturated carbocycles. The van der Waals surface area contributed by atoms with E-state index in [2.05, 4.69) is 15.5 Å². The van der Waals surface area contributed by atoms with Crippen molar-refractivity contribution in [3.63, 3.8) is 0 Å². The molecule has 8 heteroatoms. The minimum Gasteiger partial charge on any atom is -0.497 e.